The zero-order valence-electron chi connectivity index (χ0n) is 4.55. The van der Waals surface area contributed by atoms with Gasteiger partial charge >= 0.3 is 0 Å². The zero-order chi connectivity index (χ0) is 5.98. The molecular weight excluding hydrogens is 197 g/mol. The molecule has 1 aromatic heterocycles. The van der Waals surface area contributed by atoms with Gasteiger partial charge in [-0.3, -0.25) is 0 Å². The van der Waals surface area contributed by atoms with E-state index in [1.807, 2.05) is 0 Å². The van der Waals surface area contributed by atoms with Crippen LogP contribution in [0.5, 0.6) is 0 Å². The summed E-state index contributed by atoms with van der Waals surface area (Å²) in [5, 5.41) is 0. The van der Waals surface area contributed by atoms with Gasteiger partial charge in [-0.1, -0.05) is 0 Å². The quantitative estimate of drug-likeness (QED) is 0.691. The minimum absolute atomic E-state index is 0. The number of furan rings is 1. The van der Waals surface area contributed by atoms with Gasteiger partial charge in [0.2, 0.25) is 0 Å². The molecule has 0 aliphatic carbocycles. The standard InChI is InChI=1S/C5H5NO2.Zr/c6-5(7)4-2-1-3-8-4;/h1-3H,(H2,6,7);/p-1. The van der Waals surface area contributed by atoms with Crippen LogP contribution in [-0.4, -0.2) is 5.91 Å². The maximum Gasteiger partial charge on any atom is 0.151 e. The molecule has 0 spiro atoms. The second-order valence-corrected chi connectivity index (χ2v) is 1.31. The van der Waals surface area contributed by atoms with E-state index in [9.17, 15) is 4.79 Å². The fourth-order valence-corrected chi connectivity index (χ4v) is 0.408. The molecule has 0 unspecified atom stereocenters. The Bertz CT molecular complexity index is 183. The average Bonchev–Trinajstić information content (AvgIpc) is 2.12. The van der Waals surface area contributed by atoms with E-state index in [2.05, 4.69) is 4.42 Å². The summed E-state index contributed by atoms with van der Waals surface area (Å²) in [6, 6.07) is 3.02. The average molecular weight is 201 g/mol. The van der Waals surface area contributed by atoms with E-state index in [0.717, 1.165) is 0 Å². The Hall–Kier alpha value is -0.367. The van der Waals surface area contributed by atoms with Crippen molar-refractivity contribution in [2.75, 3.05) is 0 Å². The van der Waals surface area contributed by atoms with Gasteiger partial charge in [0.25, 0.3) is 0 Å². The Balaban J connectivity index is 0.000000640. The molecule has 3 nitrogen and oxygen atoms in total. The van der Waals surface area contributed by atoms with Crippen LogP contribution in [0.4, 0.5) is 0 Å². The number of carbonyl (C=O) groups excluding carboxylic acids is 1. The van der Waals surface area contributed by atoms with Gasteiger partial charge in [-0.25, -0.2) is 0 Å². The summed E-state index contributed by atoms with van der Waals surface area (Å²) in [6.45, 7) is 0. The van der Waals surface area contributed by atoms with E-state index in [1.54, 1.807) is 6.07 Å². The number of carbonyl (C=O) groups is 1. The topological polar surface area (TPSA) is 54.0 Å². The molecule has 1 amide bonds. The molecule has 46 valence electrons. The van der Waals surface area contributed by atoms with Crippen LogP contribution in [0.25, 0.3) is 5.73 Å². The maximum atomic E-state index is 10.1. The van der Waals surface area contributed by atoms with Crippen molar-refractivity contribution in [3.05, 3.63) is 29.9 Å². The minimum Gasteiger partial charge on any atom is -0.661 e. The predicted molar refractivity (Wildman–Crippen MR) is 27.4 cm³/mol. The van der Waals surface area contributed by atoms with Gasteiger partial charge in [0.1, 0.15) is 5.91 Å². The van der Waals surface area contributed by atoms with Crippen LogP contribution in [0.2, 0.25) is 0 Å². The monoisotopic (exact) mass is 200 g/mol. The van der Waals surface area contributed by atoms with Crippen LogP contribution >= 0.6 is 0 Å². The maximum absolute atomic E-state index is 10.1. The molecule has 0 aliphatic rings. The summed E-state index contributed by atoms with van der Waals surface area (Å²) in [5.74, 6) is -0.694. The van der Waals surface area contributed by atoms with E-state index >= 15 is 0 Å². The Morgan fingerprint density at radius 1 is 1.67 bits per heavy atom. The molecule has 9 heavy (non-hydrogen) atoms. The van der Waals surface area contributed by atoms with Crippen LogP contribution in [0, 0.1) is 0 Å². The molecule has 1 N–H and O–H groups in total. The SMILES string of the molecule is [NH-]C(=O)c1ccco1.[Zr]. The van der Waals surface area contributed by atoms with Gasteiger partial charge in [0, 0.05) is 26.2 Å². The summed E-state index contributed by atoms with van der Waals surface area (Å²) in [5.41, 5.74) is 6.50. The van der Waals surface area contributed by atoms with E-state index < -0.39 is 5.91 Å². The van der Waals surface area contributed by atoms with Gasteiger partial charge < -0.3 is 14.9 Å². The van der Waals surface area contributed by atoms with Gasteiger partial charge in [0.05, 0.1) is 6.26 Å². The normalized spacial score (nSPS) is 8.00. The second kappa shape index (κ2) is 3.62. The summed E-state index contributed by atoms with van der Waals surface area (Å²) in [4.78, 5) is 10.1. The largest absolute Gasteiger partial charge is 0.661 e. The van der Waals surface area contributed by atoms with Gasteiger partial charge in [0.15, 0.2) is 5.76 Å². The first-order chi connectivity index (χ1) is 3.80. The first-order valence-corrected chi connectivity index (χ1v) is 2.10. The number of rotatable bonds is 1. The van der Waals surface area contributed by atoms with Crippen LogP contribution in [0.15, 0.2) is 22.8 Å². The summed E-state index contributed by atoms with van der Waals surface area (Å²) >= 11 is 0. The van der Waals surface area contributed by atoms with Crippen molar-refractivity contribution in [2.24, 2.45) is 0 Å². The van der Waals surface area contributed by atoms with Crippen molar-refractivity contribution in [3.63, 3.8) is 0 Å². The molecule has 0 bridgehead atoms. The molecule has 1 rings (SSSR count). The second-order valence-electron chi connectivity index (χ2n) is 1.31. The summed E-state index contributed by atoms with van der Waals surface area (Å²) in [7, 11) is 0. The first kappa shape index (κ1) is 8.63. The molecule has 0 aliphatic heterocycles. The molecule has 4 heteroatoms. The van der Waals surface area contributed by atoms with Crippen molar-refractivity contribution in [2.45, 2.75) is 0 Å². The molecule has 0 radical (unpaired) electrons. The molecule has 0 aromatic carbocycles. The van der Waals surface area contributed by atoms with Crippen LogP contribution in [0.1, 0.15) is 10.6 Å². The third-order valence-corrected chi connectivity index (χ3v) is 0.745. The van der Waals surface area contributed by atoms with Gasteiger partial charge in [-0.15, -0.1) is 0 Å². The Kier molecular flexibility index (Phi) is 3.47. The van der Waals surface area contributed by atoms with E-state index in [4.69, 9.17) is 5.73 Å². The third kappa shape index (κ3) is 2.14. The Morgan fingerprint density at radius 2 is 2.33 bits per heavy atom. The van der Waals surface area contributed by atoms with Crippen LogP contribution < -0.4 is 0 Å². The number of amides is 1. The fourth-order valence-electron chi connectivity index (χ4n) is 0.408. The Morgan fingerprint density at radius 3 is 2.56 bits per heavy atom. The summed E-state index contributed by atoms with van der Waals surface area (Å²) in [6.07, 6.45) is 1.36. The predicted octanol–water partition coefficient (Wildman–Crippen LogP) is 1.47. The summed E-state index contributed by atoms with van der Waals surface area (Å²) < 4.78 is 4.56. The smallest absolute Gasteiger partial charge is 0.151 e. The van der Waals surface area contributed by atoms with Crippen molar-refractivity contribution in [1.82, 2.24) is 0 Å². The molecule has 0 saturated carbocycles. The van der Waals surface area contributed by atoms with E-state index in [-0.39, 0.29) is 32.0 Å². The number of hydrogen-bond acceptors (Lipinski definition) is 2. The fraction of sp³-hybridized carbons (Fsp3) is 0. The van der Waals surface area contributed by atoms with Crippen molar-refractivity contribution in [3.8, 4) is 0 Å². The molecular formula is C5H4NO2Zr-. The van der Waals surface area contributed by atoms with E-state index in [0.29, 0.717) is 0 Å². The Labute approximate surface area is 71.3 Å². The molecule has 0 saturated heterocycles. The van der Waals surface area contributed by atoms with Gasteiger partial charge in [-0.05, 0) is 12.1 Å². The van der Waals surface area contributed by atoms with E-state index in [1.165, 1.54) is 12.3 Å². The molecule has 1 aromatic rings. The van der Waals surface area contributed by atoms with Crippen molar-refractivity contribution in [1.29, 1.82) is 0 Å². The molecule has 1 heterocycles. The van der Waals surface area contributed by atoms with Crippen LogP contribution in [0.3, 0.4) is 0 Å². The molecule has 0 atom stereocenters. The zero-order valence-corrected chi connectivity index (χ0v) is 7.01. The first-order valence-electron chi connectivity index (χ1n) is 2.10. The number of nitrogens with one attached hydrogen (secondary N) is 1. The number of hydrogen-bond donors (Lipinski definition) is 0. The van der Waals surface area contributed by atoms with Crippen molar-refractivity contribution >= 4 is 5.91 Å². The van der Waals surface area contributed by atoms with Crippen molar-refractivity contribution < 1.29 is 35.4 Å². The van der Waals surface area contributed by atoms with Gasteiger partial charge in [-0.2, -0.15) is 0 Å². The molecule has 0 fully saturated rings. The van der Waals surface area contributed by atoms with Crippen LogP contribution in [-0.2, 0) is 26.2 Å². The third-order valence-electron chi connectivity index (χ3n) is 0.745. The minimum atomic E-state index is -0.782.